The maximum atomic E-state index is 12.7. The molecule has 0 radical (unpaired) electrons. The lowest BCUT2D eigenvalue weighted by Crippen LogP contribution is -2.47. The fourth-order valence-electron chi connectivity index (χ4n) is 3.60. The molecular formula is C21H26N4O3. The molecule has 4 rings (SSSR count). The van der Waals surface area contributed by atoms with E-state index in [2.05, 4.69) is 41.3 Å². The van der Waals surface area contributed by atoms with Crippen LogP contribution in [0.4, 0.5) is 11.6 Å². The van der Waals surface area contributed by atoms with Gasteiger partial charge in [0.05, 0.1) is 18.8 Å². The second kappa shape index (κ2) is 7.85. The minimum Gasteiger partial charge on any atom is -0.347 e. The number of benzene rings is 1. The average Bonchev–Trinajstić information content (AvgIpc) is 3.17. The van der Waals surface area contributed by atoms with Gasteiger partial charge in [0.1, 0.15) is 0 Å². The molecule has 2 aliphatic heterocycles. The number of ether oxygens (including phenoxy) is 2. The SMILES string of the molecule is CC(C)c1ccc(Nc2ncc(C(=O)N3CCC4(CC3)OCCO4)cn2)cc1. The third-order valence-corrected chi connectivity index (χ3v) is 5.36. The van der Waals surface area contributed by atoms with Crippen LogP contribution in [0.2, 0.25) is 0 Å². The van der Waals surface area contributed by atoms with E-state index in [1.165, 1.54) is 5.56 Å². The minimum absolute atomic E-state index is 0.0549. The fourth-order valence-corrected chi connectivity index (χ4v) is 3.60. The van der Waals surface area contributed by atoms with Gasteiger partial charge in [0, 0.05) is 44.0 Å². The molecule has 1 aromatic heterocycles. The van der Waals surface area contributed by atoms with Crippen molar-refractivity contribution in [2.75, 3.05) is 31.6 Å². The van der Waals surface area contributed by atoms with E-state index in [0.29, 0.717) is 56.6 Å². The highest BCUT2D eigenvalue weighted by molar-refractivity contribution is 5.93. The van der Waals surface area contributed by atoms with Crippen LogP contribution < -0.4 is 5.32 Å². The third kappa shape index (κ3) is 4.00. The first-order valence-corrected chi connectivity index (χ1v) is 9.81. The number of anilines is 2. The van der Waals surface area contributed by atoms with Crippen LogP contribution in [0, 0.1) is 0 Å². The number of carbonyl (C=O) groups is 1. The first-order valence-electron chi connectivity index (χ1n) is 9.81. The molecule has 7 heteroatoms. The normalized spacial score (nSPS) is 18.6. The zero-order valence-corrected chi connectivity index (χ0v) is 16.4. The lowest BCUT2D eigenvalue weighted by molar-refractivity contribution is -0.181. The zero-order chi connectivity index (χ0) is 19.6. The molecule has 1 N–H and O–H groups in total. The first kappa shape index (κ1) is 18.8. The van der Waals surface area contributed by atoms with E-state index >= 15 is 0 Å². The Morgan fingerprint density at radius 2 is 1.68 bits per heavy atom. The Morgan fingerprint density at radius 1 is 1.07 bits per heavy atom. The third-order valence-electron chi connectivity index (χ3n) is 5.36. The van der Waals surface area contributed by atoms with E-state index in [0.717, 1.165) is 5.69 Å². The Hall–Kier alpha value is -2.51. The number of likely N-dealkylation sites (tertiary alicyclic amines) is 1. The van der Waals surface area contributed by atoms with Gasteiger partial charge in [0.25, 0.3) is 5.91 Å². The van der Waals surface area contributed by atoms with Crippen molar-refractivity contribution in [1.82, 2.24) is 14.9 Å². The number of rotatable bonds is 4. The average molecular weight is 382 g/mol. The van der Waals surface area contributed by atoms with Crippen LogP contribution in [-0.2, 0) is 9.47 Å². The molecule has 148 valence electrons. The van der Waals surface area contributed by atoms with Crippen molar-refractivity contribution >= 4 is 17.5 Å². The van der Waals surface area contributed by atoms with Crippen molar-refractivity contribution in [3.63, 3.8) is 0 Å². The number of nitrogens with zero attached hydrogens (tertiary/aromatic N) is 3. The molecule has 0 bridgehead atoms. The van der Waals surface area contributed by atoms with Gasteiger partial charge in [-0.2, -0.15) is 0 Å². The highest BCUT2D eigenvalue weighted by Crippen LogP contribution is 2.31. The lowest BCUT2D eigenvalue weighted by atomic mass is 10.0. The molecule has 0 unspecified atom stereocenters. The van der Waals surface area contributed by atoms with E-state index < -0.39 is 5.79 Å². The predicted octanol–water partition coefficient (Wildman–Crippen LogP) is 3.32. The van der Waals surface area contributed by atoms with Crippen molar-refractivity contribution in [2.24, 2.45) is 0 Å². The van der Waals surface area contributed by atoms with Crippen LogP contribution >= 0.6 is 0 Å². The summed E-state index contributed by atoms with van der Waals surface area (Å²) in [6, 6.07) is 8.20. The minimum atomic E-state index is -0.480. The summed E-state index contributed by atoms with van der Waals surface area (Å²) < 4.78 is 11.4. The molecule has 0 aliphatic carbocycles. The molecule has 1 amide bonds. The summed E-state index contributed by atoms with van der Waals surface area (Å²) >= 11 is 0. The van der Waals surface area contributed by atoms with Crippen molar-refractivity contribution in [2.45, 2.75) is 38.4 Å². The number of nitrogens with one attached hydrogen (secondary N) is 1. The topological polar surface area (TPSA) is 76.6 Å². The van der Waals surface area contributed by atoms with Gasteiger partial charge in [-0.05, 0) is 23.6 Å². The Morgan fingerprint density at radius 3 is 2.25 bits per heavy atom. The number of hydrogen-bond donors (Lipinski definition) is 1. The standard InChI is InChI=1S/C21H26N4O3/c1-15(2)16-3-5-18(6-4-16)24-20-22-13-17(14-23-20)19(26)25-9-7-21(8-10-25)27-11-12-28-21/h3-6,13-15H,7-12H2,1-2H3,(H,22,23,24). The largest absolute Gasteiger partial charge is 0.347 e. The molecule has 28 heavy (non-hydrogen) atoms. The fraction of sp³-hybridized carbons (Fsp3) is 0.476. The van der Waals surface area contributed by atoms with Crippen LogP contribution in [0.1, 0.15) is 48.5 Å². The monoisotopic (exact) mass is 382 g/mol. The van der Waals surface area contributed by atoms with Gasteiger partial charge in [-0.15, -0.1) is 0 Å². The summed E-state index contributed by atoms with van der Waals surface area (Å²) in [6.07, 6.45) is 4.55. The van der Waals surface area contributed by atoms with Gasteiger partial charge in [-0.3, -0.25) is 4.79 Å². The van der Waals surface area contributed by atoms with E-state index in [4.69, 9.17) is 9.47 Å². The molecule has 7 nitrogen and oxygen atoms in total. The Balaban J connectivity index is 1.35. The van der Waals surface area contributed by atoms with Crippen molar-refractivity contribution in [1.29, 1.82) is 0 Å². The molecule has 3 heterocycles. The molecule has 1 spiro atoms. The Labute approximate surface area is 165 Å². The number of hydrogen-bond acceptors (Lipinski definition) is 6. The first-order chi connectivity index (χ1) is 13.5. The molecule has 2 aliphatic rings. The van der Waals surface area contributed by atoms with Crippen molar-refractivity contribution in [3.05, 3.63) is 47.8 Å². The van der Waals surface area contributed by atoms with Crippen LogP contribution in [-0.4, -0.2) is 52.9 Å². The quantitative estimate of drug-likeness (QED) is 0.874. The van der Waals surface area contributed by atoms with Crippen LogP contribution in [0.15, 0.2) is 36.7 Å². The molecule has 2 aromatic rings. The van der Waals surface area contributed by atoms with E-state index in [1.807, 2.05) is 17.0 Å². The number of carbonyl (C=O) groups excluding carboxylic acids is 1. The van der Waals surface area contributed by atoms with Crippen LogP contribution in [0.3, 0.4) is 0 Å². The molecular weight excluding hydrogens is 356 g/mol. The van der Waals surface area contributed by atoms with Gasteiger partial charge in [-0.1, -0.05) is 26.0 Å². The van der Waals surface area contributed by atoms with Gasteiger partial charge < -0.3 is 19.7 Å². The van der Waals surface area contributed by atoms with Crippen molar-refractivity contribution < 1.29 is 14.3 Å². The summed E-state index contributed by atoms with van der Waals surface area (Å²) in [6.45, 7) is 6.82. The van der Waals surface area contributed by atoms with Crippen LogP contribution in [0.25, 0.3) is 0 Å². The molecule has 0 atom stereocenters. The lowest BCUT2D eigenvalue weighted by Gasteiger charge is -2.37. The summed E-state index contributed by atoms with van der Waals surface area (Å²) in [5.41, 5.74) is 2.69. The summed E-state index contributed by atoms with van der Waals surface area (Å²) in [5, 5.41) is 3.17. The maximum Gasteiger partial charge on any atom is 0.256 e. The van der Waals surface area contributed by atoms with Crippen molar-refractivity contribution in [3.8, 4) is 0 Å². The predicted molar refractivity (Wildman–Crippen MR) is 106 cm³/mol. The summed E-state index contributed by atoms with van der Waals surface area (Å²) in [4.78, 5) is 23.1. The molecule has 1 aromatic carbocycles. The maximum absolute atomic E-state index is 12.7. The highest BCUT2D eigenvalue weighted by Gasteiger charge is 2.40. The molecule has 2 fully saturated rings. The van der Waals surface area contributed by atoms with E-state index in [9.17, 15) is 4.79 Å². The van der Waals surface area contributed by atoms with Gasteiger partial charge in [0.15, 0.2) is 5.79 Å². The Kier molecular flexibility index (Phi) is 5.28. The van der Waals surface area contributed by atoms with E-state index in [-0.39, 0.29) is 5.91 Å². The summed E-state index contributed by atoms with van der Waals surface area (Å²) in [5.74, 6) is 0.429. The van der Waals surface area contributed by atoms with Gasteiger partial charge >= 0.3 is 0 Å². The van der Waals surface area contributed by atoms with Gasteiger partial charge in [-0.25, -0.2) is 9.97 Å². The van der Waals surface area contributed by atoms with Gasteiger partial charge in [0.2, 0.25) is 5.95 Å². The van der Waals surface area contributed by atoms with Crippen LogP contribution in [0.5, 0.6) is 0 Å². The second-order valence-corrected chi connectivity index (χ2v) is 7.60. The molecule has 0 saturated carbocycles. The Bertz CT molecular complexity index is 805. The smallest absolute Gasteiger partial charge is 0.256 e. The number of aromatic nitrogens is 2. The van der Waals surface area contributed by atoms with E-state index in [1.54, 1.807) is 12.4 Å². The number of piperidine rings is 1. The second-order valence-electron chi connectivity index (χ2n) is 7.60. The highest BCUT2D eigenvalue weighted by atomic mass is 16.7. The molecule has 2 saturated heterocycles. The zero-order valence-electron chi connectivity index (χ0n) is 16.4. The number of amides is 1. The summed E-state index contributed by atoms with van der Waals surface area (Å²) in [7, 11) is 0.